The van der Waals surface area contributed by atoms with Gasteiger partial charge < -0.3 is 10.6 Å². The summed E-state index contributed by atoms with van der Waals surface area (Å²) in [6, 6.07) is 7.58. The molecule has 0 aliphatic carbocycles. The summed E-state index contributed by atoms with van der Waals surface area (Å²) in [4.78, 5) is 8.64. The van der Waals surface area contributed by atoms with Crippen molar-refractivity contribution in [2.75, 3.05) is 36.2 Å². The van der Waals surface area contributed by atoms with Gasteiger partial charge in [-0.2, -0.15) is 4.98 Å². The fourth-order valence-corrected chi connectivity index (χ4v) is 2.15. The quantitative estimate of drug-likeness (QED) is 0.854. The standard InChI is InChI=1S/C12H16N4O2S/c1-13-12-15-10-6-4-3-5-9(10)11(16-12)14-7-8-19(2,17)18/h3-6H,7-8H2,1-2H3,(H2,13,14,15,16). The van der Waals surface area contributed by atoms with Gasteiger partial charge in [0.15, 0.2) is 0 Å². The molecule has 2 aromatic rings. The van der Waals surface area contributed by atoms with E-state index >= 15 is 0 Å². The van der Waals surface area contributed by atoms with Crippen LogP contribution in [0.5, 0.6) is 0 Å². The second-order valence-corrected chi connectivity index (χ2v) is 6.48. The van der Waals surface area contributed by atoms with Crippen LogP contribution in [0.15, 0.2) is 24.3 Å². The molecule has 0 atom stereocenters. The average molecular weight is 280 g/mol. The smallest absolute Gasteiger partial charge is 0.224 e. The fraction of sp³-hybridized carbons (Fsp3) is 0.333. The van der Waals surface area contributed by atoms with E-state index in [0.717, 1.165) is 10.9 Å². The Morgan fingerprint density at radius 1 is 1.21 bits per heavy atom. The number of hydrogen-bond acceptors (Lipinski definition) is 6. The summed E-state index contributed by atoms with van der Waals surface area (Å²) in [5.74, 6) is 1.21. The Morgan fingerprint density at radius 3 is 2.63 bits per heavy atom. The lowest BCUT2D eigenvalue weighted by Crippen LogP contribution is -2.15. The summed E-state index contributed by atoms with van der Waals surface area (Å²) in [5.41, 5.74) is 0.809. The molecular formula is C12H16N4O2S. The van der Waals surface area contributed by atoms with Gasteiger partial charge in [0.1, 0.15) is 15.7 Å². The third-order valence-electron chi connectivity index (χ3n) is 2.59. The molecule has 0 radical (unpaired) electrons. The summed E-state index contributed by atoms with van der Waals surface area (Å²) in [6.07, 6.45) is 1.21. The van der Waals surface area contributed by atoms with E-state index in [0.29, 0.717) is 18.3 Å². The predicted molar refractivity (Wildman–Crippen MR) is 77.3 cm³/mol. The lowest BCUT2D eigenvalue weighted by atomic mass is 10.2. The van der Waals surface area contributed by atoms with Crippen molar-refractivity contribution in [2.45, 2.75) is 0 Å². The molecule has 0 amide bonds. The SMILES string of the molecule is CNc1nc(NCCS(C)(=O)=O)c2ccccc2n1. The van der Waals surface area contributed by atoms with Gasteiger partial charge in [0, 0.05) is 25.2 Å². The molecule has 0 saturated heterocycles. The zero-order valence-corrected chi connectivity index (χ0v) is 11.7. The summed E-state index contributed by atoms with van der Waals surface area (Å²) in [6.45, 7) is 0.322. The monoisotopic (exact) mass is 280 g/mol. The molecule has 102 valence electrons. The van der Waals surface area contributed by atoms with Crippen LogP contribution < -0.4 is 10.6 Å². The van der Waals surface area contributed by atoms with Crippen molar-refractivity contribution in [3.8, 4) is 0 Å². The number of nitrogens with zero attached hydrogens (tertiary/aromatic N) is 2. The van der Waals surface area contributed by atoms with Gasteiger partial charge in [0.25, 0.3) is 0 Å². The van der Waals surface area contributed by atoms with E-state index < -0.39 is 9.84 Å². The molecule has 1 heterocycles. The highest BCUT2D eigenvalue weighted by Crippen LogP contribution is 2.21. The number of aromatic nitrogens is 2. The molecule has 0 bridgehead atoms. The van der Waals surface area contributed by atoms with Gasteiger partial charge in [-0.05, 0) is 12.1 Å². The number of rotatable bonds is 5. The number of hydrogen-bond donors (Lipinski definition) is 2. The molecule has 0 spiro atoms. The molecule has 2 N–H and O–H groups in total. The van der Waals surface area contributed by atoms with Crippen LogP contribution in [-0.4, -0.2) is 44.0 Å². The second kappa shape index (κ2) is 5.40. The molecule has 0 saturated carbocycles. The van der Waals surface area contributed by atoms with Crippen LogP contribution in [0, 0.1) is 0 Å². The summed E-state index contributed by atoms with van der Waals surface area (Å²) < 4.78 is 22.2. The normalized spacial score (nSPS) is 11.5. The Hall–Kier alpha value is -1.89. The van der Waals surface area contributed by atoms with Crippen LogP contribution in [0.2, 0.25) is 0 Å². The van der Waals surface area contributed by atoms with Gasteiger partial charge >= 0.3 is 0 Å². The molecule has 6 nitrogen and oxygen atoms in total. The molecule has 2 rings (SSSR count). The molecule has 1 aromatic heterocycles. The molecule has 0 fully saturated rings. The van der Waals surface area contributed by atoms with Crippen molar-refractivity contribution in [3.05, 3.63) is 24.3 Å². The highest BCUT2D eigenvalue weighted by atomic mass is 32.2. The van der Waals surface area contributed by atoms with E-state index in [4.69, 9.17) is 0 Å². The lowest BCUT2D eigenvalue weighted by Gasteiger charge is -2.10. The summed E-state index contributed by atoms with van der Waals surface area (Å²) in [7, 11) is -1.24. The number of fused-ring (bicyclic) bond motifs is 1. The number of sulfone groups is 1. The average Bonchev–Trinajstić information content (AvgIpc) is 2.37. The molecule has 1 aromatic carbocycles. The second-order valence-electron chi connectivity index (χ2n) is 4.22. The molecule has 19 heavy (non-hydrogen) atoms. The van der Waals surface area contributed by atoms with Crippen molar-refractivity contribution in [1.82, 2.24) is 9.97 Å². The molecular weight excluding hydrogens is 264 g/mol. The van der Waals surface area contributed by atoms with Gasteiger partial charge in [-0.3, -0.25) is 0 Å². The first kappa shape index (κ1) is 13.5. The largest absolute Gasteiger partial charge is 0.368 e. The minimum absolute atomic E-state index is 0.0697. The maximum atomic E-state index is 11.1. The third-order valence-corrected chi connectivity index (χ3v) is 3.54. The Bertz CT molecular complexity index is 685. The molecule has 0 aliphatic rings. The Balaban J connectivity index is 2.30. The van der Waals surface area contributed by atoms with Crippen molar-refractivity contribution in [1.29, 1.82) is 0 Å². The van der Waals surface area contributed by atoms with E-state index in [1.165, 1.54) is 6.26 Å². The van der Waals surface area contributed by atoms with Crippen molar-refractivity contribution >= 4 is 32.5 Å². The summed E-state index contributed by atoms with van der Waals surface area (Å²) in [5, 5.41) is 6.80. The van der Waals surface area contributed by atoms with Crippen LogP contribution in [0.3, 0.4) is 0 Å². The highest BCUT2D eigenvalue weighted by molar-refractivity contribution is 7.90. The van der Waals surface area contributed by atoms with Crippen LogP contribution in [0.25, 0.3) is 10.9 Å². The fourth-order valence-electron chi connectivity index (χ4n) is 1.68. The van der Waals surface area contributed by atoms with E-state index in [1.54, 1.807) is 7.05 Å². The maximum Gasteiger partial charge on any atom is 0.224 e. The first-order chi connectivity index (χ1) is 8.99. The Morgan fingerprint density at radius 2 is 1.95 bits per heavy atom. The van der Waals surface area contributed by atoms with Crippen molar-refractivity contribution < 1.29 is 8.42 Å². The minimum atomic E-state index is -2.98. The Kier molecular flexibility index (Phi) is 3.84. The first-order valence-corrected chi connectivity index (χ1v) is 7.92. The van der Waals surface area contributed by atoms with Gasteiger partial charge in [0.05, 0.1) is 11.3 Å². The van der Waals surface area contributed by atoms with E-state index in [-0.39, 0.29) is 5.75 Å². The van der Waals surface area contributed by atoms with Gasteiger partial charge in [0.2, 0.25) is 5.95 Å². The van der Waals surface area contributed by atoms with Gasteiger partial charge in [-0.1, -0.05) is 12.1 Å². The summed E-state index contributed by atoms with van der Waals surface area (Å²) >= 11 is 0. The van der Waals surface area contributed by atoms with Gasteiger partial charge in [-0.15, -0.1) is 0 Å². The van der Waals surface area contributed by atoms with Crippen LogP contribution >= 0.6 is 0 Å². The van der Waals surface area contributed by atoms with Crippen molar-refractivity contribution in [2.24, 2.45) is 0 Å². The molecule has 0 unspecified atom stereocenters. The van der Waals surface area contributed by atoms with E-state index in [2.05, 4.69) is 20.6 Å². The number of anilines is 2. The van der Waals surface area contributed by atoms with E-state index in [9.17, 15) is 8.42 Å². The zero-order chi connectivity index (χ0) is 13.9. The van der Waals surface area contributed by atoms with Crippen LogP contribution in [-0.2, 0) is 9.84 Å². The van der Waals surface area contributed by atoms with Crippen LogP contribution in [0.4, 0.5) is 11.8 Å². The highest BCUT2D eigenvalue weighted by Gasteiger charge is 2.07. The zero-order valence-electron chi connectivity index (χ0n) is 10.8. The van der Waals surface area contributed by atoms with Crippen molar-refractivity contribution in [3.63, 3.8) is 0 Å². The van der Waals surface area contributed by atoms with Gasteiger partial charge in [-0.25, -0.2) is 13.4 Å². The number of benzene rings is 1. The third kappa shape index (κ3) is 3.54. The lowest BCUT2D eigenvalue weighted by molar-refractivity contribution is 0.602. The number of nitrogens with one attached hydrogen (secondary N) is 2. The maximum absolute atomic E-state index is 11.1. The molecule has 0 aliphatic heterocycles. The van der Waals surface area contributed by atoms with E-state index in [1.807, 2.05) is 24.3 Å². The minimum Gasteiger partial charge on any atom is -0.368 e. The number of para-hydroxylation sites is 1. The first-order valence-electron chi connectivity index (χ1n) is 5.86. The Labute approximate surface area is 112 Å². The van der Waals surface area contributed by atoms with Crippen LogP contribution in [0.1, 0.15) is 0 Å². The molecule has 7 heteroatoms. The predicted octanol–water partition coefficient (Wildman–Crippen LogP) is 1.13. The topological polar surface area (TPSA) is 84.0 Å².